The molecule has 2 heteroatoms. The lowest BCUT2D eigenvalue weighted by atomic mass is 10.0. The van der Waals surface area contributed by atoms with Crippen LogP contribution in [0.25, 0.3) is 0 Å². The van der Waals surface area contributed by atoms with Crippen LogP contribution in [-0.4, -0.2) is 11.8 Å². The Kier molecular flexibility index (Phi) is 3.65. The molecule has 3 N–H and O–H groups in total. The van der Waals surface area contributed by atoms with Crippen molar-refractivity contribution in [2.24, 2.45) is 5.73 Å². The molecule has 1 rings (SSSR count). The Morgan fingerprint density at radius 3 is 2.54 bits per heavy atom. The highest BCUT2D eigenvalue weighted by molar-refractivity contribution is 5.86. The van der Waals surface area contributed by atoms with Crippen molar-refractivity contribution < 1.29 is 0 Å². The summed E-state index contributed by atoms with van der Waals surface area (Å²) in [6, 6.07) is 10.1. The molecule has 0 heterocycles. The highest BCUT2D eigenvalue weighted by Crippen LogP contribution is 2.03. The first-order chi connectivity index (χ1) is 6.20. The van der Waals surface area contributed by atoms with Crippen LogP contribution in [0.5, 0.6) is 0 Å². The maximum atomic E-state index is 7.57. The second-order valence-corrected chi connectivity index (χ2v) is 3.30. The van der Waals surface area contributed by atoms with Gasteiger partial charge in [-0.05, 0) is 25.3 Å². The van der Waals surface area contributed by atoms with E-state index in [2.05, 4.69) is 12.1 Å². The van der Waals surface area contributed by atoms with Gasteiger partial charge in [-0.1, -0.05) is 30.3 Å². The summed E-state index contributed by atoms with van der Waals surface area (Å²) in [5, 5.41) is 7.57. The molecule has 0 saturated heterocycles. The van der Waals surface area contributed by atoms with E-state index in [-0.39, 0.29) is 6.04 Å². The molecule has 70 valence electrons. The summed E-state index contributed by atoms with van der Waals surface area (Å²) < 4.78 is 0. The van der Waals surface area contributed by atoms with E-state index < -0.39 is 0 Å². The van der Waals surface area contributed by atoms with Gasteiger partial charge in [-0.15, -0.1) is 0 Å². The Bertz CT molecular complexity index is 265. The molecule has 0 aromatic heterocycles. The van der Waals surface area contributed by atoms with Gasteiger partial charge in [0.2, 0.25) is 0 Å². The largest absolute Gasteiger partial charge is 0.323 e. The molecule has 0 fully saturated rings. The fourth-order valence-corrected chi connectivity index (χ4v) is 1.15. The smallest absolute Gasteiger partial charge is 0.0394 e. The summed E-state index contributed by atoms with van der Waals surface area (Å²) in [6.45, 7) is 1.85. The minimum atomic E-state index is -0.108. The number of benzene rings is 1. The van der Waals surface area contributed by atoms with Gasteiger partial charge >= 0.3 is 0 Å². The van der Waals surface area contributed by atoms with Crippen LogP contribution in [-0.2, 0) is 6.42 Å². The van der Waals surface area contributed by atoms with Gasteiger partial charge in [0.15, 0.2) is 0 Å². The van der Waals surface area contributed by atoms with Gasteiger partial charge in [-0.2, -0.15) is 0 Å². The van der Waals surface area contributed by atoms with E-state index in [1.165, 1.54) is 5.56 Å². The summed E-state index contributed by atoms with van der Waals surface area (Å²) >= 11 is 0. The zero-order chi connectivity index (χ0) is 9.68. The van der Waals surface area contributed by atoms with Gasteiger partial charge in [0.05, 0.1) is 0 Å². The third kappa shape index (κ3) is 3.38. The van der Waals surface area contributed by atoms with Crippen molar-refractivity contribution in [3.8, 4) is 0 Å². The third-order valence-electron chi connectivity index (χ3n) is 2.08. The highest BCUT2D eigenvalue weighted by Gasteiger charge is 2.02. The number of hydrogen-bond donors (Lipinski definition) is 2. The molecule has 1 aromatic carbocycles. The van der Waals surface area contributed by atoms with Crippen molar-refractivity contribution in [2.45, 2.75) is 25.8 Å². The SMILES string of the molecule is C[C@@H](N)C(=N)CCc1ccccc1. The molecule has 1 atom stereocenters. The minimum absolute atomic E-state index is 0.108. The van der Waals surface area contributed by atoms with Crippen molar-refractivity contribution in [1.82, 2.24) is 0 Å². The lowest BCUT2D eigenvalue weighted by Gasteiger charge is -2.06. The maximum Gasteiger partial charge on any atom is 0.0394 e. The summed E-state index contributed by atoms with van der Waals surface area (Å²) in [5.41, 5.74) is 7.48. The van der Waals surface area contributed by atoms with Crippen LogP contribution in [0.1, 0.15) is 18.9 Å². The van der Waals surface area contributed by atoms with E-state index >= 15 is 0 Å². The van der Waals surface area contributed by atoms with E-state index in [0.717, 1.165) is 12.8 Å². The number of rotatable bonds is 4. The lowest BCUT2D eigenvalue weighted by Crippen LogP contribution is -2.26. The molecule has 2 nitrogen and oxygen atoms in total. The lowest BCUT2D eigenvalue weighted by molar-refractivity contribution is 0.896. The number of nitrogens with one attached hydrogen (secondary N) is 1. The molecule has 0 aliphatic rings. The summed E-state index contributed by atoms with van der Waals surface area (Å²) in [6.07, 6.45) is 1.68. The predicted molar refractivity (Wildman–Crippen MR) is 56.1 cm³/mol. The van der Waals surface area contributed by atoms with Crippen LogP contribution in [0.3, 0.4) is 0 Å². The van der Waals surface area contributed by atoms with Crippen LogP contribution in [0.15, 0.2) is 30.3 Å². The number of aryl methyl sites for hydroxylation is 1. The fraction of sp³-hybridized carbons (Fsp3) is 0.364. The Hall–Kier alpha value is -1.15. The molecule has 0 radical (unpaired) electrons. The monoisotopic (exact) mass is 176 g/mol. The minimum Gasteiger partial charge on any atom is -0.323 e. The van der Waals surface area contributed by atoms with E-state index in [9.17, 15) is 0 Å². The first kappa shape index (κ1) is 9.93. The van der Waals surface area contributed by atoms with Crippen molar-refractivity contribution in [1.29, 1.82) is 5.41 Å². The van der Waals surface area contributed by atoms with Crippen LogP contribution in [0.2, 0.25) is 0 Å². The van der Waals surface area contributed by atoms with Crippen LogP contribution in [0.4, 0.5) is 0 Å². The third-order valence-corrected chi connectivity index (χ3v) is 2.08. The molecular formula is C11H16N2. The van der Waals surface area contributed by atoms with E-state index in [1.54, 1.807) is 0 Å². The Morgan fingerprint density at radius 2 is 2.00 bits per heavy atom. The van der Waals surface area contributed by atoms with Gasteiger partial charge in [0, 0.05) is 11.8 Å². The molecule has 0 amide bonds. The van der Waals surface area contributed by atoms with E-state index in [4.69, 9.17) is 11.1 Å². The van der Waals surface area contributed by atoms with Crippen molar-refractivity contribution in [3.63, 3.8) is 0 Å². The van der Waals surface area contributed by atoms with Gasteiger partial charge < -0.3 is 11.1 Å². The van der Waals surface area contributed by atoms with Crippen LogP contribution < -0.4 is 5.73 Å². The average molecular weight is 176 g/mol. The van der Waals surface area contributed by atoms with Crippen molar-refractivity contribution in [3.05, 3.63) is 35.9 Å². The average Bonchev–Trinajstić information content (AvgIpc) is 2.15. The zero-order valence-corrected chi connectivity index (χ0v) is 7.96. The molecule has 0 unspecified atom stereocenters. The quantitative estimate of drug-likeness (QED) is 0.677. The summed E-state index contributed by atoms with van der Waals surface area (Å²) in [7, 11) is 0. The van der Waals surface area contributed by atoms with Gasteiger partial charge in [-0.3, -0.25) is 0 Å². The Balaban J connectivity index is 2.40. The van der Waals surface area contributed by atoms with E-state index in [1.807, 2.05) is 25.1 Å². The van der Waals surface area contributed by atoms with Crippen molar-refractivity contribution >= 4 is 5.71 Å². The normalized spacial score (nSPS) is 12.5. The van der Waals surface area contributed by atoms with Gasteiger partial charge in [-0.25, -0.2) is 0 Å². The van der Waals surface area contributed by atoms with Crippen molar-refractivity contribution in [2.75, 3.05) is 0 Å². The molecule has 13 heavy (non-hydrogen) atoms. The molecular weight excluding hydrogens is 160 g/mol. The van der Waals surface area contributed by atoms with Gasteiger partial charge in [0.25, 0.3) is 0 Å². The first-order valence-corrected chi connectivity index (χ1v) is 4.57. The number of nitrogens with two attached hydrogens (primary N) is 1. The molecule has 0 aliphatic heterocycles. The van der Waals surface area contributed by atoms with Crippen LogP contribution >= 0.6 is 0 Å². The molecule has 0 bridgehead atoms. The van der Waals surface area contributed by atoms with E-state index in [0.29, 0.717) is 5.71 Å². The molecule has 1 aromatic rings. The second kappa shape index (κ2) is 4.77. The Morgan fingerprint density at radius 1 is 1.38 bits per heavy atom. The number of hydrogen-bond acceptors (Lipinski definition) is 2. The topological polar surface area (TPSA) is 49.9 Å². The summed E-state index contributed by atoms with van der Waals surface area (Å²) in [5.74, 6) is 0. The Labute approximate surface area is 79.3 Å². The molecule has 0 spiro atoms. The first-order valence-electron chi connectivity index (χ1n) is 4.57. The maximum absolute atomic E-state index is 7.57. The predicted octanol–water partition coefficient (Wildman–Crippen LogP) is 1.99. The van der Waals surface area contributed by atoms with Crippen LogP contribution in [0, 0.1) is 5.41 Å². The highest BCUT2D eigenvalue weighted by atomic mass is 14.7. The molecule has 0 saturated carbocycles. The standard InChI is InChI=1S/C11H16N2/c1-9(12)11(13)8-7-10-5-3-2-4-6-10/h2-6,9,13H,7-8,12H2,1H3/t9-/m1/s1. The molecule has 0 aliphatic carbocycles. The zero-order valence-electron chi connectivity index (χ0n) is 7.96. The fourth-order valence-electron chi connectivity index (χ4n) is 1.15. The second-order valence-electron chi connectivity index (χ2n) is 3.30. The summed E-state index contributed by atoms with van der Waals surface area (Å²) in [4.78, 5) is 0. The van der Waals surface area contributed by atoms with Gasteiger partial charge in [0.1, 0.15) is 0 Å².